The summed E-state index contributed by atoms with van der Waals surface area (Å²) in [6.45, 7) is 1.09. The molecule has 3 N–H and O–H groups in total. The summed E-state index contributed by atoms with van der Waals surface area (Å²) in [7, 11) is 0. The van der Waals surface area contributed by atoms with E-state index >= 15 is 0 Å². The molecule has 4 heteroatoms. The quantitative estimate of drug-likeness (QED) is 0.469. The minimum absolute atomic E-state index is 0.326. The molecule has 0 aliphatic rings. The number of carbonyl (C=O) groups is 1. The second-order valence-electron chi connectivity index (χ2n) is 2.55. The van der Waals surface area contributed by atoms with Gasteiger partial charge in [-0.1, -0.05) is 6.92 Å². The summed E-state index contributed by atoms with van der Waals surface area (Å²) in [6.07, 6.45) is 5.24. The highest BCUT2D eigenvalue weighted by atomic mass is 16.3. The predicted octanol–water partition coefficient (Wildman–Crippen LogP) is -1.13. The van der Waals surface area contributed by atoms with Gasteiger partial charge in [-0.3, -0.25) is 4.79 Å². The molecule has 0 bridgehead atoms. The van der Waals surface area contributed by atoms with Crippen molar-refractivity contribution in [3.8, 4) is 12.3 Å². The van der Waals surface area contributed by atoms with Crippen molar-refractivity contribution in [1.29, 1.82) is 0 Å². The van der Waals surface area contributed by atoms with Crippen LogP contribution in [0.25, 0.3) is 0 Å². The van der Waals surface area contributed by atoms with Gasteiger partial charge in [0, 0.05) is 0 Å². The molecule has 68 valence electrons. The lowest BCUT2D eigenvalue weighted by Crippen LogP contribution is -2.53. The van der Waals surface area contributed by atoms with E-state index in [1.54, 1.807) is 6.92 Å². The van der Waals surface area contributed by atoms with Crippen LogP contribution in [0.3, 0.4) is 0 Å². The molecule has 12 heavy (non-hydrogen) atoms. The van der Waals surface area contributed by atoms with E-state index in [-0.39, 0.29) is 13.2 Å². The maximum Gasteiger partial charge on any atom is 0.296 e. The maximum atomic E-state index is 10.7. The Balaban J connectivity index is 4.32. The first kappa shape index (κ1) is 11.0. The summed E-state index contributed by atoms with van der Waals surface area (Å²) in [6, 6.07) is 0. The molecule has 0 rings (SSSR count). The van der Waals surface area contributed by atoms with Crippen LogP contribution < -0.4 is 5.32 Å². The molecular formula is C8H13NO3. The van der Waals surface area contributed by atoms with Crippen LogP contribution in [0.4, 0.5) is 0 Å². The van der Waals surface area contributed by atoms with Gasteiger partial charge >= 0.3 is 0 Å². The van der Waals surface area contributed by atoms with Crippen LogP contribution >= 0.6 is 0 Å². The minimum Gasteiger partial charge on any atom is -0.394 e. The van der Waals surface area contributed by atoms with Gasteiger partial charge in [0.1, 0.15) is 0 Å². The summed E-state index contributed by atoms with van der Waals surface area (Å²) in [5.74, 6) is 1.23. The molecule has 0 atom stereocenters. The molecule has 0 aliphatic heterocycles. The second-order valence-corrected chi connectivity index (χ2v) is 2.55. The van der Waals surface area contributed by atoms with Gasteiger partial charge in [-0.25, -0.2) is 0 Å². The number of hydrogen-bond acceptors (Lipinski definition) is 3. The third-order valence-electron chi connectivity index (χ3n) is 1.79. The number of terminal acetylenes is 1. The van der Waals surface area contributed by atoms with E-state index in [0.29, 0.717) is 6.42 Å². The number of nitrogens with one attached hydrogen (secondary N) is 1. The van der Waals surface area contributed by atoms with Crippen molar-refractivity contribution < 1.29 is 15.0 Å². The van der Waals surface area contributed by atoms with Crippen molar-refractivity contribution in [3.05, 3.63) is 0 Å². The van der Waals surface area contributed by atoms with Crippen molar-refractivity contribution in [3.63, 3.8) is 0 Å². The fraction of sp³-hybridized carbons (Fsp3) is 0.625. The Labute approximate surface area is 71.6 Å². The van der Waals surface area contributed by atoms with Gasteiger partial charge in [0.15, 0.2) is 0 Å². The minimum atomic E-state index is -0.983. The standard InChI is InChI=1S/C8H13NO3/c1-3-7(12)9-8(4-2,5-10)6-11/h1,10-11H,4-6H2,2H3,(H,9,12). The van der Waals surface area contributed by atoms with E-state index in [4.69, 9.17) is 16.6 Å². The van der Waals surface area contributed by atoms with Gasteiger partial charge in [0.25, 0.3) is 5.91 Å². The SMILES string of the molecule is C#CC(=O)NC(CC)(CO)CO. The number of aliphatic hydroxyl groups is 2. The summed E-state index contributed by atoms with van der Waals surface area (Å²) in [4.78, 5) is 10.7. The van der Waals surface area contributed by atoms with E-state index in [9.17, 15) is 4.79 Å². The van der Waals surface area contributed by atoms with Crippen LogP contribution in [-0.4, -0.2) is 34.9 Å². The van der Waals surface area contributed by atoms with E-state index < -0.39 is 11.4 Å². The Morgan fingerprint density at radius 2 is 2.08 bits per heavy atom. The van der Waals surface area contributed by atoms with Crippen molar-refractivity contribution in [2.75, 3.05) is 13.2 Å². The lowest BCUT2D eigenvalue weighted by Gasteiger charge is -2.28. The van der Waals surface area contributed by atoms with Gasteiger partial charge < -0.3 is 15.5 Å². The Hall–Kier alpha value is -1.05. The molecule has 1 amide bonds. The number of hydrogen-bond donors (Lipinski definition) is 3. The van der Waals surface area contributed by atoms with Crippen molar-refractivity contribution >= 4 is 5.91 Å². The van der Waals surface area contributed by atoms with E-state index in [1.165, 1.54) is 0 Å². The first-order chi connectivity index (χ1) is 5.64. The summed E-state index contributed by atoms with van der Waals surface area (Å²) in [5, 5.41) is 20.1. The number of amides is 1. The van der Waals surface area contributed by atoms with Crippen LogP contribution in [0.1, 0.15) is 13.3 Å². The number of carbonyl (C=O) groups excluding carboxylic acids is 1. The monoisotopic (exact) mass is 171 g/mol. The maximum absolute atomic E-state index is 10.7. The second kappa shape index (κ2) is 4.75. The van der Waals surface area contributed by atoms with Crippen LogP contribution in [0.5, 0.6) is 0 Å². The third-order valence-corrected chi connectivity index (χ3v) is 1.79. The molecule has 0 aromatic heterocycles. The van der Waals surface area contributed by atoms with Crippen molar-refractivity contribution in [2.24, 2.45) is 0 Å². The molecule has 0 spiro atoms. The molecule has 0 aliphatic carbocycles. The highest BCUT2D eigenvalue weighted by Gasteiger charge is 2.27. The Morgan fingerprint density at radius 3 is 2.33 bits per heavy atom. The topological polar surface area (TPSA) is 69.6 Å². The van der Waals surface area contributed by atoms with Gasteiger partial charge in [-0.15, -0.1) is 6.42 Å². The predicted molar refractivity (Wildman–Crippen MR) is 44.2 cm³/mol. The van der Waals surface area contributed by atoms with Crippen LogP contribution in [0.2, 0.25) is 0 Å². The highest BCUT2D eigenvalue weighted by molar-refractivity contribution is 5.93. The molecule has 4 nitrogen and oxygen atoms in total. The molecule has 0 saturated heterocycles. The fourth-order valence-corrected chi connectivity index (χ4v) is 0.718. The molecule has 0 saturated carbocycles. The molecule has 0 aromatic carbocycles. The summed E-state index contributed by atoms with van der Waals surface area (Å²) >= 11 is 0. The Morgan fingerprint density at radius 1 is 1.58 bits per heavy atom. The first-order valence-electron chi connectivity index (χ1n) is 3.64. The van der Waals surface area contributed by atoms with Crippen LogP contribution in [0.15, 0.2) is 0 Å². The molecule has 0 radical (unpaired) electrons. The van der Waals surface area contributed by atoms with Gasteiger partial charge in [0.05, 0.1) is 18.8 Å². The molecule has 0 aromatic rings. The van der Waals surface area contributed by atoms with Crippen LogP contribution in [-0.2, 0) is 4.79 Å². The lowest BCUT2D eigenvalue weighted by atomic mass is 9.98. The Kier molecular flexibility index (Phi) is 4.34. The smallest absolute Gasteiger partial charge is 0.296 e. The largest absolute Gasteiger partial charge is 0.394 e. The Bertz CT molecular complexity index is 183. The molecule has 0 heterocycles. The fourth-order valence-electron chi connectivity index (χ4n) is 0.718. The average molecular weight is 171 g/mol. The van der Waals surface area contributed by atoms with E-state index in [1.807, 2.05) is 5.92 Å². The third kappa shape index (κ3) is 2.53. The van der Waals surface area contributed by atoms with Crippen LogP contribution in [0, 0.1) is 12.3 Å². The first-order valence-corrected chi connectivity index (χ1v) is 3.64. The zero-order valence-electron chi connectivity index (χ0n) is 7.00. The molecule has 0 unspecified atom stereocenters. The van der Waals surface area contributed by atoms with E-state index in [2.05, 4.69) is 5.32 Å². The van der Waals surface area contributed by atoms with Crippen molar-refractivity contribution in [1.82, 2.24) is 5.32 Å². The normalized spacial score (nSPS) is 10.5. The zero-order chi connectivity index (χ0) is 9.61. The van der Waals surface area contributed by atoms with Gasteiger partial charge in [-0.2, -0.15) is 0 Å². The molecule has 0 fully saturated rings. The molecular weight excluding hydrogens is 158 g/mol. The van der Waals surface area contributed by atoms with Crippen molar-refractivity contribution in [2.45, 2.75) is 18.9 Å². The lowest BCUT2D eigenvalue weighted by molar-refractivity contribution is -0.118. The van der Waals surface area contributed by atoms with Gasteiger partial charge in [0.2, 0.25) is 0 Å². The van der Waals surface area contributed by atoms with Gasteiger partial charge in [-0.05, 0) is 12.3 Å². The summed E-state index contributed by atoms with van der Waals surface area (Å²) in [5.41, 5.74) is -0.983. The highest BCUT2D eigenvalue weighted by Crippen LogP contribution is 2.07. The summed E-state index contributed by atoms with van der Waals surface area (Å²) < 4.78 is 0. The number of rotatable bonds is 4. The average Bonchev–Trinajstić information content (AvgIpc) is 2.14. The number of aliphatic hydroxyl groups excluding tert-OH is 2. The zero-order valence-corrected chi connectivity index (χ0v) is 7.00. The van der Waals surface area contributed by atoms with E-state index in [0.717, 1.165) is 0 Å².